The molecular weight excluding hydrogens is 1220 g/mol. The Morgan fingerprint density at radius 1 is 0.562 bits per heavy atom. The van der Waals surface area contributed by atoms with Gasteiger partial charge in [0.05, 0.1) is 41.7 Å². The number of ether oxygens (including phenoxy) is 3. The largest absolute Gasteiger partial charge is 1.00 e. The maximum absolute atomic E-state index is 12.7. The van der Waals surface area contributed by atoms with Gasteiger partial charge in [-0.25, -0.2) is 14.7 Å². The second-order valence-corrected chi connectivity index (χ2v) is 30.4. The number of aldehydes is 1. The van der Waals surface area contributed by atoms with Crippen LogP contribution in [0.15, 0.2) is 65.6 Å². The van der Waals surface area contributed by atoms with Crippen LogP contribution >= 0.6 is 23.2 Å². The van der Waals surface area contributed by atoms with Crippen molar-refractivity contribution >= 4 is 71.6 Å². The molecule has 89 heavy (non-hydrogen) atoms. The van der Waals surface area contributed by atoms with Crippen LogP contribution in [0.4, 0.5) is 5.69 Å². The van der Waals surface area contributed by atoms with E-state index in [9.17, 15) is 18.6 Å². The number of carbonyl (C=O) groups is 4. The smallest absolute Gasteiger partial charge is 0.702 e. The van der Waals surface area contributed by atoms with Crippen LogP contribution in [0.25, 0.3) is 0 Å². The van der Waals surface area contributed by atoms with Gasteiger partial charge in [-0.05, 0) is 177 Å². The van der Waals surface area contributed by atoms with Crippen LogP contribution < -0.4 is 34.5 Å². The van der Waals surface area contributed by atoms with Gasteiger partial charge in [-0.2, -0.15) is 14.7 Å². The molecule has 16 aliphatic rings. The second kappa shape index (κ2) is 30.6. The molecule has 4 atom stereocenters. The molecule has 2 aromatic carbocycles. The monoisotopic (exact) mass is 1310 g/mol. The van der Waals surface area contributed by atoms with E-state index < -0.39 is 57.3 Å². The van der Waals surface area contributed by atoms with Gasteiger partial charge in [0.25, 0.3) is 17.9 Å². The quantitative estimate of drug-likeness (QED) is 0.111. The summed E-state index contributed by atoms with van der Waals surface area (Å²) in [5, 5.41) is 7.61. The van der Waals surface area contributed by atoms with E-state index in [-0.39, 0.29) is 40.5 Å². The molecule has 12 saturated carbocycles. The molecule has 0 amide bonds. The molecule has 19 nitrogen and oxygen atoms in total. The van der Waals surface area contributed by atoms with Gasteiger partial charge >= 0.3 is 29.6 Å². The van der Waals surface area contributed by atoms with E-state index in [1.165, 1.54) is 116 Å². The molecule has 2 radical (unpaired) electrons. The van der Waals surface area contributed by atoms with Gasteiger partial charge in [0.1, 0.15) is 18.9 Å². The van der Waals surface area contributed by atoms with Gasteiger partial charge in [-0.15, -0.1) is 23.2 Å². The number of nitrogens with zero attached hydrogens (tertiary/aromatic N) is 2. The Labute approximate surface area is 560 Å². The molecule has 4 unspecified atom stereocenters. The zero-order chi connectivity index (χ0) is 62.5. The number of halogens is 2. The number of aliphatic carboxylic acids is 1. The average Bonchev–Trinajstić information content (AvgIpc) is 0.775. The van der Waals surface area contributed by atoms with Gasteiger partial charge in [0, 0.05) is 99.6 Å². The number of rotatable bonds is 9. The van der Waals surface area contributed by atoms with E-state index in [2.05, 4.69) is 56.4 Å². The number of piperazine rings is 1. The standard InChI is InChI=1S/C24H34N2O3.C20H26O4S.C14H20O4.C4H6BO4.C2H4O2.CH2Cl2.Na/c1-23(16-25-7-9-26(10-8-25)22-5-3-2-4-6-22)17-27-24(29-28-23)20-12-18-11-19(14-20)15-21(24)13-18;1-19(13-25(21)18-5-3-2-4-6-18)12-22-20(24-23-19)16-8-14-7-15(10-16)11-17(20)9-14;1-13(7-15)8-16-14(18-17-13)11-3-9-2-10(5-11)6-12(14)4-9;1-3(6)8-5-9-4(2)7;1-2(3)4;2-1-3;/h2-6,18-21H,7-17H2,1H3;2-6,14-17H,7-13H2,1H3;7,9-12H,2-6,8H2,1H3;1-2H3;1H3,(H,3,4);1H2;/q;;;-1;;;+1. The molecule has 4 heterocycles. The molecule has 12 bridgehead atoms. The number of benzene rings is 2. The molecule has 16 fully saturated rings. The van der Waals surface area contributed by atoms with Crippen LogP contribution in [-0.2, 0) is 82.8 Å². The second-order valence-electron chi connectivity index (χ2n) is 28.1. The van der Waals surface area contributed by atoms with Crippen molar-refractivity contribution in [3.05, 3.63) is 60.7 Å². The van der Waals surface area contributed by atoms with Crippen molar-refractivity contribution in [3.8, 4) is 0 Å². The summed E-state index contributed by atoms with van der Waals surface area (Å²) in [6.45, 7) is 15.8. The molecular formula is C65H92BCl2N2NaO17S. The molecule has 488 valence electrons. The van der Waals surface area contributed by atoms with Gasteiger partial charge < -0.3 is 33.5 Å². The van der Waals surface area contributed by atoms with Crippen molar-refractivity contribution in [2.24, 2.45) is 71.0 Å². The van der Waals surface area contributed by atoms with Crippen molar-refractivity contribution in [1.29, 1.82) is 0 Å². The van der Waals surface area contributed by atoms with Crippen molar-refractivity contribution in [2.75, 3.05) is 68.5 Å². The summed E-state index contributed by atoms with van der Waals surface area (Å²) in [6, 6.07) is 20.3. The third-order valence-corrected chi connectivity index (χ3v) is 22.6. The predicted molar refractivity (Wildman–Crippen MR) is 327 cm³/mol. The Hall–Kier alpha value is -2.29. The third-order valence-electron chi connectivity index (χ3n) is 20.9. The Kier molecular flexibility index (Phi) is 24.4. The minimum absolute atomic E-state index is 0. The fourth-order valence-corrected chi connectivity index (χ4v) is 18.9. The summed E-state index contributed by atoms with van der Waals surface area (Å²) < 4.78 is 40.0. The van der Waals surface area contributed by atoms with E-state index in [0.29, 0.717) is 68.8 Å². The Bertz CT molecular complexity index is 2570. The minimum Gasteiger partial charge on any atom is -0.702 e. The number of carboxylic acids is 1. The number of carboxylic acid groups (broad SMARTS) is 1. The number of alkyl halides is 2. The van der Waals surface area contributed by atoms with E-state index in [1.54, 1.807) is 6.92 Å². The van der Waals surface area contributed by atoms with Crippen LogP contribution in [-0.4, -0.2) is 144 Å². The van der Waals surface area contributed by atoms with Crippen molar-refractivity contribution < 1.29 is 111 Å². The first kappa shape index (κ1) is 71.0. The van der Waals surface area contributed by atoms with Crippen LogP contribution in [0.5, 0.6) is 0 Å². The molecule has 3 spiro atoms. The van der Waals surface area contributed by atoms with Gasteiger partial charge in [0.15, 0.2) is 11.9 Å². The van der Waals surface area contributed by atoms with Gasteiger partial charge in [-0.3, -0.25) is 28.3 Å². The van der Waals surface area contributed by atoms with E-state index in [0.717, 1.165) is 86.3 Å². The maximum atomic E-state index is 12.7. The summed E-state index contributed by atoms with van der Waals surface area (Å²) in [5.74, 6) is 5.18. The Morgan fingerprint density at radius 2 is 0.910 bits per heavy atom. The SMILES string of the molecule is CC(=O)O.CC(=O)O[B-]OC(C)=O.CC1(C=O)COC2(OO1)C1CC3CC(C1)CC2C3.CC1(CN2CCN(c3ccccc3)CC2)COC2(OO1)C1CC3CC(C1)CC2C3.CC1(CS(=O)c2ccccc2)COC2(OO1)C1CC3CC(C1)CC2C3.ClCCl.[Na+]. The summed E-state index contributed by atoms with van der Waals surface area (Å²) >= 11 is 9.53. The summed E-state index contributed by atoms with van der Waals surface area (Å²) in [6.07, 6.45) is 19.8. The van der Waals surface area contributed by atoms with E-state index in [1.807, 2.05) is 37.3 Å². The third kappa shape index (κ3) is 16.9. The number of para-hydroxylation sites is 1. The number of anilines is 1. The zero-order valence-electron chi connectivity index (χ0n) is 53.1. The van der Waals surface area contributed by atoms with E-state index in [4.69, 9.17) is 76.6 Å². The molecule has 12 aliphatic carbocycles. The predicted octanol–water partition coefficient (Wildman–Crippen LogP) is 7.62. The number of hydrogen-bond acceptors (Lipinski definition) is 18. The van der Waals surface area contributed by atoms with Crippen LogP contribution in [0.3, 0.4) is 0 Å². The van der Waals surface area contributed by atoms with Crippen molar-refractivity contribution in [2.45, 2.75) is 177 Å². The normalized spacial score (nSPS) is 40.6. The Balaban J connectivity index is 0.000000143. The summed E-state index contributed by atoms with van der Waals surface area (Å²) in [5.41, 5.74) is -0.655. The van der Waals surface area contributed by atoms with E-state index >= 15 is 0 Å². The Morgan fingerprint density at radius 3 is 1.24 bits per heavy atom. The fourth-order valence-electron chi connectivity index (χ4n) is 17.6. The van der Waals surface area contributed by atoms with Crippen molar-refractivity contribution in [1.82, 2.24) is 4.90 Å². The molecule has 4 aliphatic heterocycles. The van der Waals surface area contributed by atoms with Gasteiger partial charge in [-0.1, -0.05) is 36.4 Å². The first-order chi connectivity index (χ1) is 42.1. The van der Waals surface area contributed by atoms with Crippen LogP contribution in [0.1, 0.15) is 138 Å². The average molecular weight is 1310 g/mol. The molecule has 0 aromatic heterocycles. The molecule has 24 heteroatoms. The van der Waals surface area contributed by atoms with Crippen molar-refractivity contribution in [3.63, 3.8) is 0 Å². The zero-order valence-corrected chi connectivity index (χ0v) is 57.4. The van der Waals surface area contributed by atoms with Crippen LogP contribution in [0, 0.1) is 71.0 Å². The topological polar surface area (TPSA) is 214 Å². The molecule has 4 saturated heterocycles. The first-order valence-corrected chi connectivity index (χ1v) is 34.4. The maximum Gasteiger partial charge on any atom is 1.00 e. The fraction of sp³-hybridized carbons (Fsp3) is 0.754. The molecule has 18 rings (SSSR count). The van der Waals surface area contributed by atoms with Crippen LogP contribution in [0.2, 0.25) is 0 Å². The summed E-state index contributed by atoms with van der Waals surface area (Å²) in [4.78, 5) is 81.2. The number of carbonyl (C=O) groups excluding carboxylic acids is 3. The first-order valence-electron chi connectivity index (χ1n) is 32.0. The summed E-state index contributed by atoms with van der Waals surface area (Å²) in [7, 11) is -0.427. The van der Waals surface area contributed by atoms with Gasteiger partial charge in [0.2, 0.25) is 17.4 Å². The molecule has 1 N–H and O–H groups in total. The molecule has 2 aromatic rings. The minimum atomic E-state index is -1.13. The number of hydrogen-bond donors (Lipinski definition) is 1.